The van der Waals surface area contributed by atoms with E-state index in [-0.39, 0.29) is 35.0 Å². The van der Waals surface area contributed by atoms with E-state index in [4.69, 9.17) is 23.7 Å². The Kier molecular flexibility index (Phi) is 8.86. The minimum Gasteiger partial charge on any atom is -0.508 e. The van der Waals surface area contributed by atoms with Gasteiger partial charge >= 0.3 is 0 Å². The van der Waals surface area contributed by atoms with E-state index < -0.39 is 86.5 Å². The summed E-state index contributed by atoms with van der Waals surface area (Å²) in [6, 6.07) is 8.35. The Morgan fingerprint density at radius 2 is 1.38 bits per heavy atom. The van der Waals surface area contributed by atoms with E-state index in [2.05, 4.69) is 0 Å². The van der Waals surface area contributed by atoms with Gasteiger partial charge in [-0.05, 0) is 17.7 Å². The molecule has 0 amide bonds. The summed E-state index contributed by atoms with van der Waals surface area (Å²) in [6.45, 7) is -1.28. The second-order valence-corrected chi connectivity index (χ2v) is 10.3. The Morgan fingerprint density at radius 1 is 0.762 bits per heavy atom. The van der Waals surface area contributed by atoms with E-state index in [1.807, 2.05) is 0 Å². The summed E-state index contributed by atoms with van der Waals surface area (Å²) in [5.41, 5.74) is 0.538. The largest absolute Gasteiger partial charge is 0.508 e. The average Bonchev–Trinajstić information content (AvgIpc) is 2.96. The molecule has 0 aliphatic carbocycles. The molecule has 230 valence electrons. The number of carbonyl (C=O) groups is 1. The highest BCUT2D eigenvalue weighted by Gasteiger charge is 2.48. The first-order valence-corrected chi connectivity index (χ1v) is 13.1. The van der Waals surface area contributed by atoms with Gasteiger partial charge in [-0.2, -0.15) is 0 Å². The van der Waals surface area contributed by atoms with Crippen molar-refractivity contribution in [3.05, 3.63) is 47.5 Å². The summed E-state index contributed by atoms with van der Waals surface area (Å²) < 4.78 is 27.9. The Hall–Kier alpha value is -3.09. The molecule has 5 rings (SSSR count). The fourth-order valence-electron chi connectivity index (χ4n) is 5.05. The van der Waals surface area contributed by atoms with Crippen LogP contribution in [0.3, 0.4) is 0 Å². The van der Waals surface area contributed by atoms with Crippen molar-refractivity contribution >= 4 is 5.78 Å². The number of carbonyl (C=O) groups excluding carboxylic acids is 1. The number of hydrogen-bond donors (Lipinski definition) is 9. The smallest absolute Gasteiger partial charge is 0.229 e. The summed E-state index contributed by atoms with van der Waals surface area (Å²) in [5, 5.41) is 90.8. The molecule has 15 nitrogen and oxygen atoms in total. The fraction of sp³-hybridized carbons (Fsp3) is 0.519. The lowest BCUT2D eigenvalue weighted by molar-refractivity contribution is -0.323. The lowest BCUT2D eigenvalue weighted by Gasteiger charge is -2.42. The number of ether oxygens (including phenoxy) is 5. The van der Waals surface area contributed by atoms with E-state index >= 15 is 0 Å². The Morgan fingerprint density at radius 3 is 2.05 bits per heavy atom. The zero-order chi connectivity index (χ0) is 30.3. The highest BCUT2D eigenvalue weighted by molar-refractivity contribution is 6.02. The van der Waals surface area contributed by atoms with Gasteiger partial charge in [0.2, 0.25) is 6.29 Å². The van der Waals surface area contributed by atoms with Crippen molar-refractivity contribution in [1.82, 2.24) is 0 Å². The zero-order valence-corrected chi connectivity index (χ0v) is 21.9. The predicted molar refractivity (Wildman–Crippen MR) is 136 cm³/mol. The maximum absolute atomic E-state index is 13.2. The van der Waals surface area contributed by atoms with Crippen LogP contribution < -0.4 is 9.47 Å². The third-order valence-electron chi connectivity index (χ3n) is 7.42. The number of phenolic OH excluding ortho intramolecular Hbond substituents is 2. The molecule has 2 aromatic carbocycles. The quantitative estimate of drug-likeness (QED) is 0.165. The van der Waals surface area contributed by atoms with Crippen LogP contribution in [0, 0.1) is 0 Å². The van der Waals surface area contributed by atoms with Crippen molar-refractivity contribution in [2.75, 3.05) is 13.2 Å². The van der Waals surface area contributed by atoms with Gasteiger partial charge in [0.1, 0.15) is 83.5 Å². The van der Waals surface area contributed by atoms with Crippen LogP contribution >= 0.6 is 0 Å². The van der Waals surface area contributed by atoms with Gasteiger partial charge in [-0.15, -0.1) is 0 Å². The zero-order valence-electron chi connectivity index (χ0n) is 21.9. The van der Waals surface area contributed by atoms with Crippen molar-refractivity contribution in [3.8, 4) is 23.0 Å². The summed E-state index contributed by atoms with van der Waals surface area (Å²) >= 11 is 0. The minimum atomic E-state index is -1.83. The van der Waals surface area contributed by atoms with Crippen molar-refractivity contribution in [2.24, 2.45) is 0 Å². The van der Waals surface area contributed by atoms with E-state index in [1.54, 1.807) is 12.1 Å². The number of Topliss-reactive ketones (excluding diaryl/α,β-unsaturated/α-hetero) is 1. The number of aromatic hydroxyl groups is 2. The molecule has 9 N–H and O–H groups in total. The molecule has 3 aliphatic rings. The molecule has 0 saturated carbocycles. The fourth-order valence-corrected chi connectivity index (χ4v) is 5.05. The maximum atomic E-state index is 13.2. The molecule has 2 saturated heterocycles. The third kappa shape index (κ3) is 5.89. The number of ketones is 1. The van der Waals surface area contributed by atoms with Gasteiger partial charge in [0.05, 0.1) is 19.6 Å². The van der Waals surface area contributed by atoms with Gasteiger partial charge in [-0.25, -0.2) is 0 Å². The third-order valence-corrected chi connectivity index (χ3v) is 7.42. The summed E-state index contributed by atoms with van der Waals surface area (Å²) in [5.74, 6) is -1.01. The molecule has 11 atom stereocenters. The van der Waals surface area contributed by atoms with Crippen LogP contribution in [0.4, 0.5) is 0 Å². The van der Waals surface area contributed by atoms with Crippen LogP contribution in [0.15, 0.2) is 36.4 Å². The molecule has 0 spiro atoms. The molecular weight excluding hydrogens is 564 g/mol. The Balaban J connectivity index is 1.32. The molecular formula is C27H32O15. The number of phenols is 2. The lowest BCUT2D eigenvalue weighted by Crippen LogP contribution is -2.62. The number of aliphatic hydroxyl groups is 7. The van der Waals surface area contributed by atoms with Gasteiger partial charge in [-0.1, -0.05) is 12.1 Å². The monoisotopic (exact) mass is 596 g/mol. The lowest BCUT2D eigenvalue weighted by atomic mass is 9.95. The van der Waals surface area contributed by atoms with E-state index in [9.17, 15) is 50.8 Å². The van der Waals surface area contributed by atoms with Crippen molar-refractivity contribution < 1.29 is 74.4 Å². The first kappa shape index (κ1) is 30.4. The molecule has 15 heteroatoms. The van der Waals surface area contributed by atoms with Crippen molar-refractivity contribution in [1.29, 1.82) is 0 Å². The summed E-state index contributed by atoms with van der Waals surface area (Å²) in [4.78, 5) is 13.2. The Labute approximate surface area is 238 Å². The normalized spacial score (nSPS) is 36.6. The number of rotatable bonds is 7. The van der Waals surface area contributed by atoms with Crippen molar-refractivity contribution in [3.63, 3.8) is 0 Å². The molecule has 0 unspecified atom stereocenters. The van der Waals surface area contributed by atoms with Crippen LogP contribution in [0.5, 0.6) is 23.0 Å². The van der Waals surface area contributed by atoms with Crippen LogP contribution in [0.1, 0.15) is 28.4 Å². The van der Waals surface area contributed by atoms with Gasteiger partial charge in [0.25, 0.3) is 0 Å². The van der Waals surface area contributed by atoms with Gasteiger partial charge in [0, 0.05) is 12.1 Å². The molecule has 3 heterocycles. The number of aliphatic hydroxyl groups excluding tert-OH is 7. The van der Waals surface area contributed by atoms with Crippen molar-refractivity contribution in [2.45, 2.75) is 73.9 Å². The van der Waals surface area contributed by atoms with Crippen LogP contribution in [-0.4, -0.2) is 126 Å². The SMILES string of the molecule is O=C1C[C@@H](c2ccc(O)cc2)Oc2cc(O)cc(O[C@@H]3O[C@H](CO[C@@H]4O[C@H](CO)[C@@H](O)[C@H](O)[C@H]4O)[C@@H](O)[C@H](O)[C@H]3O)c21. The topological polar surface area (TPSA) is 245 Å². The van der Waals surface area contributed by atoms with Gasteiger partial charge in [-0.3, -0.25) is 4.79 Å². The second-order valence-electron chi connectivity index (χ2n) is 10.3. The molecule has 2 fully saturated rings. The van der Waals surface area contributed by atoms with Crippen LogP contribution in [0.2, 0.25) is 0 Å². The second kappa shape index (κ2) is 12.3. The summed E-state index contributed by atoms with van der Waals surface area (Å²) in [6.07, 6.45) is -17.2. The van der Waals surface area contributed by atoms with Gasteiger partial charge < -0.3 is 69.6 Å². The first-order chi connectivity index (χ1) is 20.0. The minimum absolute atomic E-state index is 0.0206. The maximum Gasteiger partial charge on any atom is 0.229 e. The highest BCUT2D eigenvalue weighted by Crippen LogP contribution is 2.43. The molecule has 0 aromatic heterocycles. The van der Waals surface area contributed by atoms with E-state index in [1.165, 1.54) is 18.2 Å². The van der Waals surface area contributed by atoms with Gasteiger partial charge in [0.15, 0.2) is 12.1 Å². The number of benzene rings is 2. The van der Waals surface area contributed by atoms with Crippen LogP contribution in [-0.2, 0) is 14.2 Å². The molecule has 0 bridgehead atoms. The number of fused-ring (bicyclic) bond motifs is 1. The first-order valence-electron chi connectivity index (χ1n) is 13.1. The van der Waals surface area contributed by atoms with E-state index in [0.717, 1.165) is 6.07 Å². The Bertz CT molecular complexity index is 1250. The highest BCUT2D eigenvalue weighted by atomic mass is 16.7. The average molecular weight is 597 g/mol. The van der Waals surface area contributed by atoms with Crippen LogP contribution in [0.25, 0.3) is 0 Å². The molecule has 42 heavy (non-hydrogen) atoms. The molecule has 3 aliphatic heterocycles. The molecule has 0 radical (unpaired) electrons. The summed E-state index contributed by atoms with van der Waals surface area (Å²) in [7, 11) is 0. The molecule has 2 aromatic rings. The van der Waals surface area contributed by atoms with E-state index in [0.29, 0.717) is 5.56 Å². The predicted octanol–water partition coefficient (Wildman–Crippen LogP) is -2.19. The standard InChI is InChI=1S/C27H32O15/c28-8-17-20(32)22(34)24(36)26(41-17)38-9-18-21(33)23(35)25(37)27(42-18)40-16-6-12(30)5-15-19(16)13(31)7-14(39-15)10-1-3-11(29)4-2-10/h1-6,14,17-18,20-30,32-37H,7-9H2/t14-,17+,18+,20+,21+,22-,23-,24+,25+,26+,27+/m0/s1. The number of hydrogen-bond acceptors (Lipinski definition) is 15.